The molecule has 0 unspecified atom stereocenters. The second-order valence-electron chi connectivity index (χ2n) is 22.6. The van der Waals surface area contributed by atoms with Gasteiger partial charge >= 0.3 is 17.9 Å². The van der Waals surface area contributed by atoms with E-state index in [1.54, 1.807) is 101 Å². The summed E-state index contributed by atoms with van der Waals surface area (Å²) in [6.45, 7) is 12.1. The molecule has 4 rings (SSSR count). The molecule has 0 aromatic heterocycles. The van der Waals surface area contributed by atoms with Crippen molar-refractivity contribution in [1.29, 1.82) is 0 Å². The molecular formula is C67H92N4O17. The van der Waals surface area contributed by atoms with Crippen molar-refractivity contribution in [1.82, 2.24) is 16.0 Å². The Morgan fingerprint density at radius 2 is 1.00 bits per heavy atom. The monoisotopic (exact) mass is 1220 g/mol. The molecule has 5 N–H and O–H groups in total. The van der Waals surface area contributed by atoms with Crippen molar-refractivity contribution in [3.8, 4) is 5.75 Å². The van der Waals surface area contributed by atoms with E-state index in [0.29, 0.717) is 50.8 Å². The van der Waals surface area contributed by atoms with Crippen molar-refractivity contribution in [2.24, 2.45) is 23.7 Å². The molecule has 0 saturated carbocycles. The predicted octanol–water partition coefficient (Wildman–Crippen LogP) is 7.79. The molecule has 0 aliphatic carbocycles. The Labute approximate surface area is 518 Å². The summed E-state index contributed by atoms with van der Waals surface area (Å²) < 4.78 is 37.7. The minimum atomic E-state index is -1.37. The summed E-state index contributed by atoms with van der Waals surface area (Å²) in [6.07, 6.45) is -2.07. The maximum atomic E-state index is 14.7. The van der Waals surface area contributed by atoms with Crippen LogP contribution in [0.1, 0.15) is 128 Å². The van der Waals surface area contributed by atoms with Crippen LogP contribution in [0.4, 0.5) is 0 Å². The van der Waals surface area contributed by atoms with Gasteiger partial charge in [-0.15, -0.1) is 0 Å². The number of Topliss-reactive ketones (excluding diaryl/α,β-unsaturated/α-hetero) is 3. The number of esters is 3. The van der Waals surface area contributed by atoms with Gasteiger partial charge in [-0.2, -0.15) is 0 Å². The first kappa shape index (κ1) is 74.6. The van der Waals surface area contributed by atoms with Gasteiger partial charge in [-0.25, -0.2) is 5.90 Å². The van der Waals surface area contributed by atoms with E-state index in [9.17, 15) is 43.2 Å². The third-order valence-electron chi connectivity index (χ3n) is 13.3. The van der Waals surface area contributed by atoms with Crippen LogP contribution >= 0.6 is 0 Å². The molecule has 0 saturated heterocycles. The fraction of sp³-hybridized carbons (Fsp3) is 0.507. The second-order valence-corrected chi connectivity index (χ2v) is 22.6. The van der Waals surface area contributed by atoms with Crippen molar-refractivity contribution in [2.75, 3.05) is 47.3 Å². The number of methoxy groups -OCH3 is 2. The van der Waals surface area contributed by atoms with Crippen molar-refractivity contribution in [3.05, 3.63) is 138 Å². The van der Waals surface area contributed by atoms with Gasteiger partial charge in [0.1, 0.15) is 31.2 Å². The molecule has 4 aromatic carbocycles. The van der Waals surface area contributed by atoms with E-state index in [-0.39, 0.29) is 70.7 Å². The number of ketones is 3. The Morgan fingerprint density at radius 3 is 1.51 bits per heavy atom. The maximum Gasteiger partial charge on any atom is 0.307 e. The molecule has 0 aliphatic rings. The Kier molecular flexibility index (Phi) is 35.8. The smallest absolute Gasteiger partial charge is 0.307 e. The van der Waals surface area contributed by atoms with E-state index >= 15 is 0 Å². The van der Waals surface area contributed by atoms with Crippen LogP contribution < -0.4 is 26.6 Å². The Morgan fingerprint density at radius 1 is 0.500 bits per heavy atom. The molecule has 482 valence electrons. The molecule has 4 aromatic rings. The van der Waals surface area contributed by atoms with E-state index in [0.717, 1.165) is 16.7 Å². The highest BCUT2D eigenvalue weighted by molar-refractivity contribution is 5.97. The summed E-state index contributed by atoms with van der Waals surface area (Å²) in [7, 11) is 3.13. The topological polar surface area (TPSA) is 290 Å². The van der Waals surface area contributed by atoms with Gasteiger partial charge in [-0.05, 0) is 93.2 Å². The van der Waals surface area contributed by atoms with Crippen LogP contribution in [0.15, 0.2) is 115 Å². The molecule has 0 fully saturated rings. The van der Waals surface area contributed by atoms with Crippen LogP contribution in [0.3, 0.4) is 0 Å². The number of ether oxygens (including phenoxy) is 7. The summed E-state index contributed by atoms with van der Waals surface area (Å²) >= 11 is 0. The van der Waals surface area contributed by atoms with Crippen molar-refractivity contribution < 1.29 is 81.1 Å². The highest BCUT2D eigenvalue weighted by Gasteiger charge is 2.36. The van der Waals surface area contributed by atoms with Crippen LogP contribution in [0.5, 0.6) is 5.75 Å². The van der Waals surface area contributed by atoms with Gasteiger partial charge in [0, 0.05) is 65.8 Å². The van der Waals surface area contributed by atoms with Crippen LogP contribution in [0.25, 0.3) is 0 Å². The SMILES string of the molecule is COCCOCCCC(=O)[C@@H](CCC(=O)OCc1ccccc1)NC(=O)[C@H](CCC(=O)OCc1ccccc1)CC(=O)[C@@H](CC(C)C)NC(=O)[C@H](CC(=O)OC(C)(C)C)CC(=O)[C@H](Cc1ccc(OCc2ccccc2)cc1)NC(C)=O.COCCON. The summed E-state index contributed by atoms with van der Waals surface area (Å²) in [5.41, 5.74) is 2.19. The minimum Gasteiger partial charge on any atom is -0.489 e. The zero-order valence-corrected chi connectivity index (χ0v) is 52.4. The summed E-state index contributed by atoms with van der Waals surface area (Å²) in [6, 6.07) is 31.1. The zero-order valence-electron chi connectivity index (χ0n) is 52.4. The van der Waals surface area contributed by atoms with Crippen LogP contribution in [0.2, 0.25) is 0 Å². The van der Waals surface area contributed by atoms with Crippen LogP contribution in [-0.2, 0) is 103 Å². The van der Waals surface area contributed by atoms with Gasteiger partial charge in [-0.1, -0.05) is 117 Å². The maximum absolute atomic E-state index is 14.7. The molecule has 0 spiro atoms. The molecule has 0 radical (unpaired) electrons. The summed E-state index contributed by atoms with van der Waals surface area (Å²) in [5.74, 6) is -3.27. The number of hydrogen-bond donors (Lipinski definition) is 4. The van der Waals surface area contributed by atoms with Crippen LogP contribution in [-0.4, -0.2) is 124 Å². The molecule has 5 atom stereocenters. The normalized spacial score (nSPS) is 12.8. The summed E-state index contributed by atoms with van der Waals surface area (Å²) in [4.78, 5) is 128. The number of amides is 3. The van der Waals surface area contributed by atoms with Crippen molar-refractivity contribution in [3.63, 3.8) is 0 Å². The van der Waals surface area contributed by atoms with E-state index in [4.69, 9.17) is 28.4 Å². The van der Waals surface area contributed by atoms with Crippen LogP contribution in [0, 0.1) is 17.8 Å². The Hall–Kier alpha value is -7.69. The lowest BCUT2D eigenvalue weighted by Gasteiger charge is -2.27. The third-order valence-corrected chi connectivity index (χ3v) is 13.3. The lowest BCUT2D eigenvalue weighted by molar-refractivity contribution is -0.157. The number of nitrogens with two attached hydrogens (primary N) is 1. The van der Waals surface area contributed by atoms with Gasteiger partial charge in [0.2, 0.25) is 17.7 Å². The average Bonchev–Trinajstić information content (AvgIpc) is 3.65. The molecule has 0 heterocycles. The molecule has 0 bridgehead atoms. The number of carbonyl (C=O) groups excluding carboxylic acids is 9. The second kappa shape index (κ2) is 42.2. The minimum absolute atomic E-state index is 0.000371. The first-order chi connectivity index (χ1) is 42.1. The van der Waals surface area contributed by atoms with Gasteiger partial charge in [0.25, 0.3) is 0 Å². The van der Waals surface area contributed by atoms with Crippen molar-refractivity contribution >= 4 is 53.0 Å². The molecule has 0 aliphatic heterocycles. The lowest BCUT2D eigenvalue weighted by atomic mass is 9.88. The Bertz CT molecular complexity index is 2720. The fourth-order valence-corrected chi connectivity index (χ4v) is 8.84. The zero-order chi connectivity index (χ0) is 64.7. The number of carbonyl (C=O) groups is 9. The van der Waals surface area contributed by atoms with E-state index in [1.165, 1.54) is 14.0 Å². The van der Waals surface area contributed by atoms with Gasteiger partial charge in [0.15, 0.2) is 17.3 Å². The predicted molar refractivity (Wildman–Crippen MR) is 328 cm³/mol. The quantitative estimate of drug-likeness (QED) is 0.0143. The average molecular weight is 1230 g/mol. The van der Waals surface area contributed by atoms with E-state index in [1.807, 2.05) is 56.3 Å². The molecular weight excluding hydrogens is 1130 g/mol. The van der Waals surface area contributed by atoms with Gasteiger partial charge < -0.3 is 53.9 Å². The molecule has 88 heavy (non-hydrogen) atoms. The van der Waals surface area contributed by atoms with E-state index in [2.05, 4.69) is 31.4 Å². The Balaban J connectivity index is 0.00000320. The fourth-order valence-electron chi connectivity index (χ4n) is 8.84. The lowest BCUT2D eigenvalue weighted by Crippen LogP contribution is -2.49. The number of nitrogens with one attached hydrogen (secondary N) is 3. The first-order valence-electron chi connectivity index (χ1n) is 29.8. The standard InChI is InChI=1S/C64H83N3O15.C3H9NO2/c1-44(2)36-54(67-63(76)51(40-61(74)82-64(4,5)6)39-58(71)55(65-45(3)68)37-46-25-28-52(29-26-46)79-41-47-18-11-8-12-19-47)57(70)38-50(27-31-59(72)80-42-48-20-13-9-14-21-48)62(75)66-53(56(69)24-17-33-78-35-34-77-7)30-32-60(73)81-43-49-22-15-10-16-23-49;1-5-2-3-6-4/h8-16,18-23,25-26,28-29,44,50-51,53-55H,17,24,27,30-43H2,1-7H3,(H,65,68)(H,66,75)(H,67,76);2-4H2,1H3/t50-,51+,53-,54-,55+;/m1./s1. The highest BCUT2D eigenvalue weighted by atomic mass is 16.6. The highest BCUT2D eigenvalue weighted by Crippen LogP contribution is 2.23. The van der Waals surface area contributed by atoms with E-state index < -0.39 is 108 Å². The number of benzene rings is 4. The molecule has 3 amide bonds. The third kappa shape index (κ3) is 32.9. The number of hydrogen-bond acceptors (Lipinski definition) is 18. The number of rotatable bonds is 41. The summed E-state index contributed by atoms with van der Waals surface area (Å²) in [5, 5.41) is 8.26. The molecule has 21 heteroatoms. The van der Waals surface area contributed by atoms with Gasteiger partial charge in [-0.3, -0.25) is 43.2 Å². The van der Waals surface area contributed by atoms with Gasteiger partial charge in [0.05, 0.1) is 56.9 Å². The first-order valence-corrected chi connectivity index (χ1v) is 29.8. The molecule has 21 nitrogen and oxygen atoms in total. The van der Waals surface area contributed by atoms with Crippen molar-refractivity contribution in [2.45, 2.75) is 156 Å². The largest absolute Gasteiger partial charge is 0.489 e.